The number of rotatable bonds is 4. The van der Waals surface area contributed by atoms with Crippen molar-refractivity contribution in [3.05, 3.63) is 87.8 Å². The molecule has 0 aliphatic carbocycles. The molecule has 130 valence electrons. The normalized spacial score (nSPS) is 13.8. The van der Waals surface area contributed by atoms with Crippen molar-refractivity contribution < 1.29 is 9.53 Å². The van der Waals surface area contributed by atoms with Crippen molar-refractivity contribution in [1.29, 1.82) is 0 Å². The second kappa shape index (κ2) is 6.77. The van der Waals surface area contributed by atoms with Gasteiger partial charge in [0.25, 0.3) is 0 Å². The summed E-state index contributed by atoms with van der Waals surface area (Å²) in [5.41, 5.74) is 4.20. The van der Waals surface area contributed by atoms with Crippen molar-refractivity contribution in [3.63, 3.8) is 0 Å². The van der Waals surface area contributed by atoms with Crippen LogP contribution in [-0.2, 0) is 11.3 Å². The maximum atomic E-state index is 11.8. The van der Waals surface area contributed by atoms with Gasteiger partial charge in [0.05, 0.1) is 11.6 Å². The van der Waals surface area contributed by atoms with Crippen molar-refractivity contribution in [3.8, 4) is 0 Å². The van der Waals surface area contributed by atoms with E-state index in [0.29, 0.717) is 11.4 Å². The van der Waals surface area contributed by atoms with Gasteiger partial charge in [0, 0.05) is 0 Å². The highest BCUT2D eigenvalue weighted by Gasteiger charge is 2.29. The highest BCUT2D eigenvalue weighted by atomic mass is 35.5. The molecule has 2 aromatic carbocycles. The molecular formula is C20H16ClN3O2. The number of aryl methyl sites for hydroxylation is 1. The summed E-state index contributed by atoms with van der Waals surface area (Å²) in [6.45, 7) is 2.19. The number of hydrogen-bond acceptors (Lipinski definition) is 5. The average molecular weight is 366 g/mol. The number of halogens is 1. The Morgan fingerprint density at radius 3 is 2.46 bits per heavy atom. The number of anilines is 1. The van der Waals surface area contributed by atoms with Gasteiger partial charge in [-0.15, -0.1) is 0 Å². The van der Waals surface area contributed by atoms with Gasteiger partial charge in [-0.25, -0.2) is 14.8 Å². The Bertz CT molecular complexity index is 959. The number of benzene rings is 2. The fourth-order valence-electron chi connectivity index (χ4n) is 2.99. The van der Waals surface area contributed by atoms with E-state index in [9.17, 15) is 4.79 Å². The van der Waals surface area contributed by atoms with Crippen molar-refractivity contribution >= 4 is 23.4 Å². The molecule has 2 heterocycles. The molecule has 0 saturated heterocycles. The fraction of sp³-hybridized carbons (Fsp3) is 0.150. The molecular weight excluding hydrogens is 350 g/mol. The average Bonchev–Trinajstić information content (AvgIpc) is 3.02. The molecule has 0 spiro atoms. The first-order valence-corrected chi connectivity index (χ1v) is 8.61. The van der Waals surface area contributed by atoms with Gasteiger partial charge in [-0.3, -0.25) is 0 Å². The predicted octanol–water partition coefficient (Wildman–Crippen LogP) is 4.31. The van der Waals surface area contributed by atoms with E-state index in [4.69, 9.17) is 16.3 Å². The minimum Gasteiger partial charge on any atom is -0.456 e. The van der Waals surface area contributed by atoms with E-state index in [2.05, 4.69) is 46.5 Å². The number of cyclic esters (lactones) is 1. The van der Waals surface area contributed by atoms with Crippen LogP contribution in [0, 0.1) is 6.92 Å². The van der Waals surface area contributed by atoms with Gasteiger partial charge < -0.3 is 10.1 Å². The first-order chi connectivity index (χ1) is 12.6. The highest BCUT2D eigenvalue weighted by Crippen LogP contribution is 2.31. The van der Waals surface area contributed by atoms with Crippen LogP contribution < -0.4 is 5.32 Å². The van der Waals surface area contributed by atoms with Gasteiger partial charge in [-0.1, -0.05) is 60.2 Å². The van der Waals surface area contributed by atoms with E-state index in [1.165, 1.54) is 5.56 Å². The molecule has 1 N–H and O–H groups in total. The van der Waals surface area contributed by atoms with Crippen molar-refractivity contribution in [1.82, 2.24) is 9.97 Å². The van der Waals surface area contributed by atoms with Gasteiger partial charge in [-0.2, -0.15) is 0 Å². The summed E-state index contributed by atoms with van der Waals surface area (Å²) in [5.74, 6) is 0.0409. The summed E-state index contributed by atoms with van der Waals surface area (Å²) in [6.07, 6.45) is 0. The number of fused-ring (bicyclic) bond motifs is 1. The number of aromatic nitrogens is 2. The first kappa shape index (κ1) is 16.5. The number of nitrogens with zero attached hydrogens (tertiary/aromatic N) is 2. The lowest BCUT2D eigenvalue weighted by molar-refractivity contribution is 0.0531. The van der Waals surface area contributed by atoms with Crippen molar-refractivity contribution in [2.24, 2.45) is 0 Å². The number of nitrogens with one attached hydrogen (secondary N) is 1. The van der Waals surface area contributed by atoms with Crippen LogP contribution in [0.2, 0.25) is 5.28 Å². The number of hydrogen-bond donors (Lipinski definition) is 1. The SMILES string of the molecule is Cc1ccc(C(Nc2nc(Cl)nc3c2COC3=O)c2ccccc2)cc1. The quantitative estimate of drug-likeness (QED) is 0.551. The van der Waals surface area contributed by atoms with Gasteiger partial charge in [0.1, 0.15) is 12.4 Å². The van der Waals surface area contributed by atoms with Gasteiger partial charge in [0.15, 0.2) is 5.69 Å². The summed E-state index contributed by atoms with van der Waals surface area (Å²) in [7, 11) is 0. The topological polar surface area (TPSA) is 64.1 Å². The van der Waals surface area contributed by atoms with Gasteiger partial charge in [0.2, 0.25) is 5.28 Å². The fourth-order valence-corrected chi connectivity index (χ4v) is 3.16. The Balaban J connectivity index is 1.78. The van der Waals surface area contributed by atoms with Crippen LogP contribution in [0.25, 0.3) is 0 Å². The lowest BCUT2D eigenvalue weighted by atomic mass is 9.97. The Morgan fingerprint density at radius 1 is 1.04 bits per heavy atom. The second-order valence-electron chi connectivity index (χ2n) is 6.14. The maximum absolute atomic E-state index is 11.8. The third-order valence-electron chi connectivity index (χ3n) is 4.35. The van der Waals surface area contributed by atoms with Gasteiger partial charge in [-0.05, 0) is 29.7 Å². The molecule has 3 aromatic rings. The summed E-state index contributed by atoms with van der Waals surface area (Å²) in [4.78, 5) is 20.1. The minimum absolute atomic E-state index is 0.0146. The van der Waals surface area contributed by atoms with E-state index < -0.39 is 5.97 Å². The minimum atomic E-state index is -0.473. The number of carbonyl (C=O) groups excluding carboxylic acids is 1. The van der Waals surface area contributed by atoms with E-state index in [1.54, 1.807) is 0 Å². The lowest BCUT2D eigenvalue weighted by Crippen LogP contribution is -2.15. The molecule has 1 unspecified atom stereocenters. The molecule has 1 aliphatic rings. The summed E-state index contributed by atoms with van der Waals surface area (Å²) < 4.78 is 5.09. The largest absolute Gasteiger partial charge is 0.456 e. The molecule has 0 radical (unpaired) electrons. The zero-order valence-electron chi connectivity index (χ0n) is 14.1. The molecule has 0 saturated carbocycles. The molecule has 1 aliphatic heterocycles. The molecule has 6 heteroatoms. The van der Waals surface area contributed by atoms with E-state index in [0.717, 1.165) is 11.1 Å². The maximum Gasteiger partial charge on any atom is 0.357 e. The zero-order valence-corrected chi connectivity index (χ0v) is 14.8. The Morgan fingerprint density at radius 2 is 1.73 bits per heavy atom. The molecule has 5 nitrogen and oxygen atoms in total. The molecule has 1 aromatic heterocycles. The van der Waals surface area contributed by atoms with E-state index in [1.807, 2.05) is 30.3 Å². The standard InChI is InChI=1S/C20H16ClN3O2/c1-12-7-9-14(10-8-12)16(13-5-3-2-4-6-13)22-18-15-11-26-19(25)17(15)23-20(21)24-18/h2-10,16H,11H2,1H3,(H,22,23,24). The molecule has 0 bridgehead atoms. The summed E-state index contributed by atoms with van der Waals surface area (Å²) in [6, 6.07) is 18.2. The van der Waals surface area contributed by atoms with Gasteiger partial charge >= 0.3 is 5.97 Å². The summed E-state index contributed by atoms with van der Waals surface area (Å²) in [5, 5.41) is 3.44. The number of esters is 1. The zero-order chi connectivity index (χ0) is 18.1. The predicted molar refractivity (Wildman–Crippen MR) is 99.2 cm³/mol. The molecule has 1 atom stereocenters. The molecule has 0 fully saturated rings. The van der Waals surface area contributed by atoms with Crippen LogP contribution in [0.15, 0.2) is 54.6 Å². The molecule has 26 heavy (non-hydrogen) atoms. The number of carbonyl (C=O) groups is 1. The van der Waals surface area contributed by atoms with Crippen LogP contribution in [0.1, 0.15) is 38.8 Å². The Kier molecular flexibility index (Phi) is 4.31. The third-order valence-corrected chi connectivity index (χ3v) is 4.51. The van der Waals surface area contributed by atoms with E-state index in [-0.39, 0.29) is 23.6 Å². The monoisotopic (exact) mass is 365 g/mol. The van der Waals surface area contributed by atoms with Crippen LogP contribution in [0.5, 0.6) is 0 Å². The molecule has 0 amide bonds. The summed E-state index contributed by atoms with van der Waals surface area (Å²) >= 11 is 6.02. The van der Waals surface area contributed by atoms with Crippen molar-refractivity contribution in [2.45, 2.75) is 19.6 Å². The second-order valence-corrected chi connectivity index (χ2v) is 6.48. The van der Waals surface area contributed by atoms with Crippen LogP contribution in [0.4, 0.5) is 5.82 Å². The van der Waals surface area contributed by atoms with E-state index >= 15 is 0 Å². The molecule has 4 rings (SSSR count). The first-order valence-electron chi connectivity index (χ1n) is 8.23. The van der Waals surface area contributed by atoms with Crippen LogP contribution in [0.3, 0.4) is 0 Å². The van der Waals surface area contributed by atoms with Crippen molar-refractivity contribution in [2.75, 3.05) is 5.32 Å². The highest BCUT2D eigenvalue weighted by molar-refractivity contribution is 6.28. The Labute approximate surface area is 156 Å². The third kappa shape index (κ3) is 3.13. The van der Waals surface area contributed by atoms with Crippen LogP contribution in [-0.4, -0.2) is 15.9 Å². The Hall–Kier alpha value is -2.92. The lowest BCUT2D eigenvalue weighted by Gasteiger charge is -2.21. The number of ether oxygens (including phenoxy) is 1. The van der Waals surface area contributed by atoms with Crippen LogP contribution >= 0.6 is 11.6 Å². The smallest absolute Gasteiger partial charge is 0.357 e.